The van der Waals surface area contributed by atoms with Gasteiger partial charge in [-0.2, -0.15) is 0 Å². The lowest BCUT2D eigenvalue weighted by molar-refractivity contribution is 0.475. The summed E-state index contributed by atoms with van der Waals surface area (Å²) in [4.78, 5) is -0.268. The van der Waals surface area contributed by atoms with Crippen LogP contribution in [0.1, 0.15) is 0 Å². The summed E-state index contributed by atoms with van der Waals surface area (Å²) in [5, 5.41) is 9.65. The van der Waals surface area contributed by atoms with Gasteiger partial charge in [0.05, 0.1) is 10.7 Å². The fourth-order valence-electron chi connectivity index (χ4n) is 1.47. The summed E-state index contributed by atoms with van der Waals surface area (Å²) in [6.45, 7) is 0. The first-order valence-electron chi connectivity index (χ1n) is 5.26. The van der Waals surface area contributed by atoms with E-state index in [-0.39, 0.29) is 20.6 Å². The first-order valence-corrected chi connectivity index (χ1v) is 7.50. The predicted octanol–water partition coefficient (Wildman–Crippen LogP) is 3.64. The highest BCUT2D eigenvalue weighted by Gasteiger charge is 2.20. The van der Waals surface area contributed by atoms with Crippen LogP contribution >= 0.6 is 23.2 Å². The number of hydrogen-bond donors (Lipinski definition) is 2. The van der Waals surface area contributed by atoms with E-state index in [0.717, 1.165) is 24.3 Å². The van der Waals surface area contributed by atoms with Gasteiger partial charge in [-0.05, 0) is 30.3 Å². The minimum Gasteiger partial charge on any atom is -0.506 e. The lowest BCUT2D eigenvalue weighted by atomic mass is 10.3. The molecule has 0 fully saturated rings. The van der Waals surface area contributed by atoms with Gasteiger partial charge < -0.3 is 5.11 Å². The number of nitrogens with one attached hydrogen (secondary N) is 1. The molecule has 0 spiro atoms. The molecule has 0 aliphatic carbocycles. The molecule has 106 valence electrons. The van der Waals surface area contributed by atoms with Gasteiger partial charge in [0.2, 0.25) is 0 Å². The highest BCUT2D eigenvalue weighted by molar-refractivity contribution is 7.92. The molecule has 0 saturated heterocycles. The van der Waals surface area contributed by atoms with Gasteiger partial charge in [-0.3, -0.25) is 4.72 Å². The van der Waals surface area contributed by atoms with Gasteiger partial charge in [-0.15, -0.1) is 0 Å². The van der Waals surface area contributed by atoms with Crippen LogP contribution < -0.4 is 4.72 Å². The zero-order valence-electron chi connectivity index (χ0n) is 9.77. The predicted molar refractivity (Wildman–Crippen MR) is 75.3 cm³/mol. The van der Waals surface area contributed by atoms with E-state index in [9.17, 15) is 17.9 Å². The molecule has 0 aliphatic heterocycles. The van der Waals surface area contributed by atoms with E-state index in [1.807, 2.05) is 0 Å². The van der Waals surface area contributed by atoms with Crippen LogP contribution in [0.3, 0.4) is 0 Å². The van der Waals surface area contributed by atoms with Crippen molar-refractivity contribution in [2.45, 2.75) is 4.90 Å². The van der Waals surface area contributed by atoms with Crippen LogP contribution in [0.25, 0.3) is 0 Å². The Hall–Kier alpha value is -1.50. The Balaban J connectivity index is 2.46. The van der Waals surface area contributed by atoms with Gasteiger partial charge in [0, 0.05) is 11.1 Å². The topological polar surface area (TPSA) is 66.4 Å². The third-order valence-corrected chi connectivity index (χ3v) is 4.47. The number of aromatic hydroxyl groups is 1. The van der Waals surface area contributed by atoms with Crippen molar-refractivity contribution < 1.29 is 17.9 Å². The second kappa shape index (κ2) is 5.47. The Labute approximate surface area is 124 Å². The molecule has 2 N–H and O–H groups in total. The number of benzene rings is 2. The third kappa shape index (κ3) is 3.15. The van der Waals surface area contributed by atoms with Crippen LogP contribution in [-0.2, 0) is 10.0 Å². The molecule has 2 aromatic rings. The van der Waals surface area contributed by atoms with E-state index in [1.165, 1.54) is 12.1 Å². The fourth-order valence-corrected chi connectivity index (χ4v) is 3.30. The molecule has 0 bridgehead atoms. The second-order valence-corrected chi connectivity index (χ2v) is 6.34. The lowest BCUT2D eigenvalue weighted by Crippen LogP contribution is -2.13. The summed E-state index contributed by atoms with van der Waals surface area (Å²) in [7, 11) is -4.10. The second-order valence-electron chi connectivity index (χ2n) is 3.84. The summed E-state index contributed by atoms with van der Waals surface area (Å²) in [6.07, 6.45) is 0. The largest absolute Gasteiger partial charge is 0.506 e. The van der Waals surface area contributed by atoms with Gasteiger partial charge in [0.1, 0.15) is 16.5 Å². The van der Waals surface area contributed by atoms with Crippen LogP contribution in [0, 0.1) is 5.82 Å². The van der Waals surface area contributed by atoms with Crippen LogP contribution in [0.4, 0.5) is 10.1 Å². The summed E-state index contributed by atoms with van der Waals surface area (Å²) in [6, 6.07) is 6.80. The summed E-state index contributed by atoms with van der Waals surface area (Å²) in [5.41, 5.74) is -0.291. The molecule has 2 aromatic carbocycles. The Morgan fingerprint density at radius 1 is 1.10 bits per heavy atom. The highest BCUT2D eigenvalue weighted by Crippen LogP contribution is 2.30. The maximum Gasteiger partial charge on any atom is 0.263 e. The summed E-state index contributed by atoms with van der Waals surface area (Å²) < 4.78 is 39.4. The van der Waals surface area contributed by atoms with E-state index in [2.05, 4.69) is 4.72 Å². The van der Waals surface area contributed by atoms with E-state index in [4.69, 9.17) is 23.2 Å². The van der Waals surface area contributed by atoms with Crippen molar-refractivity contribution in [1.82, 2.24) is 0 Å². The monoisotopic (exact) mass is 335 g/mol. The molecule has 0 unspecified atom stereocenters. The molecule has 0 aromatic heterocycles. The number of hydrogen-bond acceptors (Lipinski definition) is 3. The lowest BCUT2D eigenvalue weighted by Gasteiger charge is -2.11. The Kier molecular flexibility index (Phi) is 4.08. The number of rotatable bonds is 3. The third-order valence-electron chi connectivity index (χ3n) is 2.39. The van der Waals surface area contributed by atoms with E-state index in [1.54, 1.807) is 0 Å². The molecule has 0 aliphatic rings. The minimum atomic E-state index is -4.10. The molecule has 4 nitrogen and oxygen atoms in total. The van der Waals surface area contributed by atoms with Gasteiger partial charge in [0.15, 0.2) is 0 Å². The normalized spacial score (nSPS) is 11.3. The molecule has 8 heteroatoms. The van der Waals surface area contributed by atoms with E-state index >= 15 is 0 Å². The molecule has 20 heavy (non-hydrogen) atoms. The maximum atomic E-state index is 13.1. The van der Waals surface area contributed by atoms with Gasteiger partial charge >= 0.3 is 0 Å². The number of sulfonamides is 1. The Morgan fingerprint density at radius 2 is 1.80 bits per heavy atom. The molecule has 0 atom stereocenters. The van der Waals surface area contributed by atoms with Crippen molar-refractivity contribution in [3.63, 3.8) is 0 Å². The van der Waals surface area contributed by atoms with Crippen LogP contribution in [0.5, 0.6) is 5.75 Å². The van der Waals surface area contributed by atoms with Crippen molar-refractivity contribution in [3.05, 3.63) is 52.3 Å². The molecule has 0 saturated carbocycles. The highest BCUT2D eigenvalue weighted by atomic mass is 35.5. The number of phenols is 1. The fraction of sp³-hybridized carbons (Fsp3) is 0. The average molecular weight is 336 g/mol. The van der Waals surface area contributed by atoms with Gasteiger partial charge in [-0.1, -0.05) is 23.2 Å². The van der Waals surface area contributed by atoms with Crippen LogP contribution in [0.2, 0.25) is 10.0 Å². The van der Waals surface area contributed by atoms with Gasteiger partial charge in [0.25, 0.3) is 10.0 Å². The minimum absolute atomic E-state index is 0.0437. The van der Waals surface area contributed by atoms with E-state index < -0.39 is 21.6 Å². The number of halogens is 3. The standard InChI is InChI=1S/C12H8Cl2FNO3S/c13-7-1-3-9(14)12(5-7)20(18,19)16-10-6-8(15)2-4-11(10)17/h1-6,16-17H. The SMILES string of the molecule is O=S(=O)(Nc1cc(F)ccc1O)c1cc(Cl)ccc1Cl. The molecule has 2 rings (SSSR count). The zero-order valence-corrected chi connectivity index (χ0v) is 12.1. The molecular weight excluding hydrogens is 328 g/mol. The number of phenolic OH excluding ortho intramolecular Hbond substituents is 1. The van der Waals surface area contributed by atoms with Crippen LogP contribution in [-0.4, -0.2) is 13.5 Å². The van der Waals surface area contributed by atoms with Crippen molar-refractivity contribution in [2.75, 3.05) is 4.72 Å². The molecule has 0 heterocycles. The van der Waals surface area contributed by atoms with Crippen molar-refractivity contribution in [3.8, 4) is 5.75 Å². The summed E-state index contributed by atoms with van der Waals surface area (Å²) >= 11 is 11.5. The Morgan fingerprint density at radius 3 is 2.50 bits per heavy atom. The molecule has 0 amide bonds. The Bertz CT molecular complexity index is 765. The van der Waals surface area contributed by atoms with Crippen molar-refractivity contribution in [1.29, 1.82) is 0 Å². The van der Waals surface area contributed by atoms with E-state index in [0.29, 0.717) is 0 Å². The van der Waals surface area contributed by atoms with Crippen molar-refractivity contribution in [2.24, 2.45) is 0 Å². The molecule has 0 radical (unpaired) electrons. The van der Waals surface area contributed by atoms with Crippen molar-refractivity contribution >= 4 is 38.9 Å². The summed E-state index contributed by atoms with van der Waals surface area (Å²) in [5.74, 6) is -1.11. The average Bonchev–Trinajstić information content (AvgIpc) is 2.36. The first-order chi connectivity index (χ1) is 9.29. The van der Waals surface area contributed by atoms with Crippen LogP contribution in [0.15, 0.2) is 41.3 Å². The van der Waals surface area contributed by atoms with Gasteiger partial charge in [-0.25, -0.2) is 12.8 Å². The maximum absolute atomic E-state index is 13.1. The first kappa shape index (κ1) is 14.9. The zero-order chi connectivity index (χ0) is 14.9. The smallest absolute Gasteiger partial charge is 0.263 e. The molecular formula is C12H8Cl2FNO3S. The number of anilines is 1. The quantitative estimate of drug-likeness (QED) is 0.841.